The summed E-state index contributed by atoms with van der Waals surface area (Å²) in [4.78, 5) is 4.14. The highest BCUT2D eigenvalue weighted by Gasteiger charge is 2.08. The average Bonchev–Trinajstić information content (AvgIpc) is 2.27. The number of anilines is 1. The number of thiocarbonyl (C=S) groups is 1. The number of aromatic nitrogens is 1. The number of halogens is 2. The van der Waals surface area contributed by atoms with Crippen LogP contribution in [0.2, 0.25) is 5.02 Å². The van der Waals surface area contributed by atoms with Crippen molar-refractivity contribution < 1.29 is 0 Å². The van der Waals surface area contributed by atoms with E-state index in [1.165, 1.54) is 0 Å². The summed E-state index contributed by atoms with van der Waals surface area (Å²) in [7, 11) is 0. The number of nitrogens with one attached hydrogen (secondary N) is 2. The maximum Gasteiger partial charge on any atom is 0.172 e. The molecule has 1 heterocycles. The lowest BCUT2D eigenvalue weighted by molar-refractivity contribution is 1.06. The van der Waals surface area contributed by atoms with E-state index in [4.69, 9.17) is 23.8 Å². The van der Waals surface area contributed by atoms with Crippen LogP contribution in [0, 0.1) is 6.92 Å². The summed E-state index contributed by atoms with van der Waals surface area (Å²) in [6.07, 6.45) is 3.31. The lowest BCUT2D eigenvalue weighted by Gasteiger charge is -2.11. The first-order valence-electron chi connectivity index (χ1n) is 4.52. The molecular weight excluding hydrogens is 310 g/mol. The second kappa shape index (κ2) is 6.18. The summed E-state index contributed by atoms with van der Waals surface area (Å²) in [5.74, 6) is 0.642. The van der Waals surface area contributed by atoms with E-state index in [1.54, 1.807) is 12.3 Å². The summed E-state index contributed by atoms with van der Waals surface area (Å²) in [6.45, 7) is 6.10. The van der Waals surface area contributed by atoms with Crippen LogP contribution >= 0.6 is 39.7 Å². The predicted octanol–water partition coefficient (Wildman–Crippen LogP) is 3.28. The number of hydrogen-bond acceptors (Lipinski definition) is 2. The van der Waals surface area contributed by atoms with Crippen LogP contribution in [0.3, 0.4) is 0 Å². The fourth-order valence-corrected chi connectivity index (χ4v) is 1.81. The summed E-state index contributed by atoms with van der Waals surface area (Å²) >= 11 is 14.4. The third kappa shape index (κ3) is 3.43. The molecule has 1 rings (SSSR count). The molecule has 0 atom stereocenters. The first-order chi connectivity index (χ1) is 7.56. The predicted molar refractivity (Wildman–Crippen MR) is 76.1 cm³/mol. The fourth-order valence-electron chi connectivity index (χ4n) is 0.961. The molecule has 0 unspecified atom stereocenters. The van der Waals surface area contributed by atoms with Gasteiger partial charge in [0.05, 0.1) is 9.50 Å². The molecule has 0 aliphatic heterocycles. The third-order valence-corrected chi connectivity index (χ3v) is 3.44. The van der Waals surface area contributed by atoms with E-state index in [-0.39, 0.29) is 0 Å². The smallest absolute Gasteiger partial charge is 0.172 e. The minimum absolute atomic E-state index is 0.495. The Morgan fingerprint density at radius 2 is 2.44 bits per heavy atom. The first kappa shape index (κ1) is 13.4. The molecule has 1 aromatic rings. The Morgan fingerprint density at radius 3 is 3.06 bits per heavy atom. The van der Waals surface area contributed by atoms with Crippen LogP contribution in [0.25, 0.3) is 0 Å². The molecule has 0 aliphatic rings. The Kier molecular flexibility index (Phi) is 5.18. The molecule has 0 fully saturated rings. The van der Waals surface area contributed by atoms with Gasteiger partial charge in [-0.25, -0.2) is 4.98 Å². The van der Waals surface area contributed by atoms with Crippen LogP contribution in [-0.4, -0.2) is 16.6 Å². The molecule has 6 heteroatoms. The number of nitrogens with zero attached hydrogens (tertiary/aromatic N) is 1. The van der Waals surface area contributed by atoms with Crippen molar-refractivity contribution in [3.05, 3.63) is 33.9 Å². The van der Waals surface area contributed by atoms with E-state index in [2.05, 4.69) is 38.1 Å². The van der Waals surface area contributed by atoms with Gasteiger partial charge in [-0.15, -0.1) is 6.58 Å². The minimum Gasteiger partial charge on any atom is -0.359 e. The maximum atomic E-state index is 5.92. The molecular formula is C10H11BrClN3S. The first-order valence-corrected chi connectivity index (χ1v) is 6.10. The maximum absolute atomic E-state index is 5.92. The SMILES string of the molecule is C=CCNC(=S)Nc1ncc(Cl)c(C)c1Br. The van der Waals surface area contributed by atoms with Gasteiger partial charge < -0.3 is 10.6 Å². The average molecular weight is 321 g/mol. The van der Waals surface area contributed by atoms with E-state index in [0.717, 1.165) is 10.0 Å². The second-order valence-electron chi connectivity index (χ2n) is 3.02. The number of rotatable bonds is 3. The Hall–Kier alpha value is -0.650. The Labute approximate surface area is 113 Å². The standard InChI is InChI=1S/C10H11BrClN3S/c1-3-4-13-10(16)15-9-8(11)6(2)7(12)5-14-9/h3,5H,1,4H2,2H3,(H2,13,14,15,16). The van der Waals surface area contributed by atoms with Gasteiger partial charge in [0.1, 0.15) is 5.82 Å². The zero-order valence-corrected chi connectivity index (χ0v) is 11.8. The van der Waals surface area contributed by atoms with Crippen molar-refractivity contribution in [3.8, 4) is 0 Å². The molecule has 1 aromatic heterocycles. The summed E-state index contributed by atoms with van der Waals surface area (Å²) in [6, 6.07) is 0. The van der Waals surface area contributed by atoms with E-state index >= 15 is 0 Å². The van der Waals surface area contributed by atoms with Crippen LogP contribution in [0.4, 0.5) is 5.82 Å². The monoisotopic (exact) mass is 319 g/mol. The normalized spacial score (nSPS) is 9.69. The fraction of sp³-hybridized carbons (Fsp3) is 0.200. The molecule has 86 valence electrons. The van der Waals surface area contributed by atoms with E-state index in [9.17, 15) is 0 Å². The van der Waals surface area contributed by atoms with Gasteiger partial charge in [-0.2, -0.15) is 0 Å². The highest BCUT2D eigenvalue weighted by Crippen LogP contribution is 2.28. The van der Waals surface area contributed by atoms with Crippen molar-refractivity contribution in [2.24, 2.45) is 0 Å². The van der Waals surface area contributed by atoms with Crippen LogP contribution in [0.5, 0.6) is 0 Å². The molecule has 0 bridgehead atoms. The molecule has 16 heavy (non-hydrogen) atoms. The topological polar surface area (TPSA) is 37.0 Å². The van der Waals surface area contributed by atoms with E-state index in [0.29, 0.717) is 22.5 Å². The quantitative estimate of drug-likeness (QED) is 0.662. The van der Waals surface area contributed by atoms with Crippen LogP contribution in [0.1, 0.15) is 5.56 Å². The Bertz CT molecular complexity index is 423. The summed E-state index contributed by atoms with van der Waals surface area (Å²) in [5, 5.41) is 7.03. The summed E-state index contributed by atoms with van der Waals surface area (Å²) < 4.78 is 0.808. The van der Waals surface area contributed by atoms with Crippen molar-refractivity contribution in [3.63, 3.8) is 0 Å². The second-order valence-corrected chi connectivity index (χ2v) is 4.63. The van der Waals surface area contributed by atoms with Crippen molar-refractivity contribution in [2.75, 3.05) is 11.9 Å². The molecule has 2 N–H and O–H groups in total. The van der Waals surface area contributed by atoms with E-state index in [1.807, 2.05) is 6.92 Å². The van der Waals surface area contributed by atoms with Crippen molar-refractivity contribution in [1.82, 2.24) is 10.3 Å². The molecule has 3 nitrogen and oxygen atoms in total. The van der Waals surface area contributed by atoms with Gasteiger partial charge in [0, 0.05) is 12.7 Å². The minimum atomic E-state index is 0.495. The largest absolute Gasteiger partial charge is 0.359 e. The lowest BCUT2D eigenvalue weighted by atomic mass is 10.3. The molecule has 0 saturated heterocycles. The third-order valence-electron chi connectivity index (χ3n) is 1.84. The number of pyridine rings is 1. The van der Waals surface area contributed by atoms with Crippen molar-refractivity contribution >= 4 is 50.7 Å². The van der Waals surface area contributed by atoms with Crippen LogP contribution < -0.4 is 10.6 Å². The van der Waals surface area contributed by atoms with Gasteiger partial charge in [0.15, 0.2) is 5.11 Å². The van der Waals surface area contributed by atoms with Gasteiger partial charge in [-0.05, 0) is 40.6 Å². The Morgan fingerprint density at radius 1 is 1.75 bits per heavy atom. The zero-order chi connectivity index (χ0) is 12.1. The molecule has 0 saturated carbocycles. The van der Waals surface area contributed by atoms with Gasteiger partial charge in [0.2, 0.25) is 0 Å². The van der Waals surface area contributed by atoms with Crippen LogP contribution in [-0.2, 0) is 0 Å². The highest BCUT2D eigenvalue weighted by atomic mass is 79.9. The lowest BCUT2D eigenvalue weighted by Crippen LogP contribution is -2.28. The van der Waals surface area contributed by atoms with Gasteiger partial charge in [0.25, 0.3) is 0 Å². The Balaban J connectivity index is 2.78. The molecule has 0 spiro atoms. The summed E-state index contributed by atoms with van der Waals surface area (Å²) in [5.41, 5.74) is 0.922. The zero-order valence-electron chi connectivity index (χ0n) is 8.68. The molecule has 0 aromatic carbocycles. The van der Waals surface area contributed by atoms with Crippen LogP contribution in [0.15, 0.2) is 23.3 Å². The van der Waals surface area contributed by atoms with Crippen molar-refractivity contribution in [1.29, 1.82) is 0 Å². The van der Waals surface area contributed by atoms with E-state index < -0.39 is 0 Å². The van der Waals surface area contributed by atoms with Gasteiger partial charge in [-0.1, -0.05) is 17.7 Å². The molecule has 0 radical (unpaired) electrons. The highest BCUT2D eigenvalue weighted by molar-refractivity contribution is 9.10. The van der Waals surface area contributed by atoms with Crippen molar-refractivity contribution in [2.45, 2.75) is 6.92 Å². The van der Waals surface area contributed by atoms with Gasteiger partial charge >= 0.3 is 0 Å². The van der Waals surface area contributed by atoms with Gasteiger partial charge in [-0.3, -0.25) is 0 Å². The molecule has 0 aliphatic carbocycles. The number of hydrogen-bond donors (Lipinski definition) is 2. The molecule has 0 amide bonds.